The second-order valence-electron chi connectivity index (χ2n) is 17.0. The monoisotopic (exact) mass is 720 g/mol. The van der Waals surface area contributed by atoms with Crippen LogP contribution in [0.1, 0.15) is 97.3 Å². The fourth-order valence-electron chi connectivity index (χ4n) is 10.2. The Hall–Kier alpha value is -2.13. The van der Waals surface area contributed by atoms with Crippen LogP contribution in [-0.4, -0.2) is 114 Å². The number of carbonyl (C=O) groups excluding carboxylic acids is 1. The molecule has 0 radical (unpaired) electrons. The van der Waals surface area contributed by atoms with Gasteiger partial charge in [-0.05, 0) is 99.8 Å². The molecule has 12 heteroatoms. The van der Waals surface area contributed by atoms with Gasteiger partial charge in [-0.3, -0.25) is 4.79 Å². The van der Waals surface area contributed by atoms with Gasteiger partial charge in [0.15, 0.2) is 11.5 Å². The Balaban J connectivity index is 1.49. The van der Waals surface area contributed by atoms with Gasteiger partial charge in [0.25, 0.3) is 0 Å². The Morgan fingerprint density at radius 1 is 1.08 bits per heavy atom. The average Bonchev–Trinajstić information content (AvgIpc) is 3.27. The third-order valence-corrected chi connectivity index (χ3v) is 13.4. The molecule has 1 heterocycles. The lowest BCUT2D eigenvalue weighted by molar-refractivity contribution is -0.277. The van der Waals surface area contributed by atoms with E-state index in [1.807, 2.05) is 27.7 Å². The lowest BCUT2D eigenvalue weighted by Gasteiger charge is -2.62. The molecule has 51 heavy (non-hydrogen) atoms. The molecule has 2 saturated carbocycles. The first-order chi connectivity index (χ1) is 23.6. The molecule has 1 saturated heterocycles. The van der Waals surface area contributed by atoms with Gasteiger partial charge in [0.1, 0.15) is 36.3 Å². The number of benzene rings is 1. The SMILES string of the molecule is CCCCOC(C)(C)C=CC(O)[C@](C)(O)[C@H]1[C@H](O)C[C@@]2(C)[C@@H]3CCc4c(cc(OC5OC(CO)C(O)C(O)C5O)c(O)c4C)[C@]3(C)C(=O)C[C@]12C. The van der Waals surface area contributed by atoms with Gasteiger partial charge in [0.2, 0.25) is 6.29 Å². The van der Waals surface area contributed by atoms with E-state index in [4.69, 9.17) is 14.2 Å². The molecule has 0 bridgehead atoms. The molecule has 1 aromatic rings. The van der Waals surface area contributed by atoms with Crippen molar-refractivity contribution in [1.29, 1.82) is 0 Å². The van der Waals surface area contributed by atoms with Crippen LogP contribution in [0.3, 0.4) is 0 Å². The number of phenols is 1. The lowest BCUT2D eigenvalue weighted by atomic mass is 9.41. The average molecular weight is 721 g/mol. The van der Waals surface area contributed by atoms with Gasteiger partial charge in [-0.2, -0.15) is 0 Å². The van der Waals surface area contributed by atoms with Crippen molar-refractivity contribution in [2.24, 2.45) is 22.7 Å². The Bertz CT molecular complexity index is 1490. The number of phenolic OH excluding ortho intramolecular Hbond substituents is 1. The summed E-state index contributed by atoms with van der Waals surface area (Å²) < 4.78 is 17.4. The summed E-state index contributed by atoms with van der Waals surface area (Å²) in [5, 5.41) is 87.5. The maximum atomic E-state index is 14.7. The molecule has 288 valence electrons. The molecule has 8 N–H and O–H groups in total. The summed E-state index contributed by atoms with van der Waals surface area (Å²) in [6.45, 7) is 14.9. The number of ketones is 1. The van der Waals surface area contributed by atoms with Crippen LogP contribution in [-0.2, 0) is 26.1 Å². The van der Waals surface area contributed by atoms with E-state index in [1.165, 1.54) is 13.0 Å². The van der Waals surface area contributed by atoms with Gasteiger partial charge in [-0.1, -0.05) is 39.3 Å². The number of Topliss-reactive ketones (excluding diaryl/α,β-unsaturated/α-hetero) is 1. The molecule has 1 aromatic carbocycles. The van der Waals surface area contributed by atoms with Crippen LogP contribution in [0, 0.1) is 29.6 Å². The first kappa shape index (κ1) is 40.1. The topological polar surface area (TPSA) is 207 Å². The third kappa shape index (κ3) is 6.36. The van der Waals surface area contributed by atoms with E-state index in [0.717, 1.165) is 18.4 Å². The maximum absolute atomic E-state index is 14.7. The van der Waals surface area contributed by atoms with Gasteiger partial charge in [0.05, 0.1) is 29.3 Å². The highest BCUT2D eigenvalue weighted by molar-refractivity contribution is 5.93. The standard InChI is InChI=1S/C39H60O12/c1-9-10-15-49-35(3,4)14-13-27(42)39(8,48)33-23(41)17-36(5)26-12-11-21-20(2)29(44)24(16-22(21)38(26,7)28(43)18-37(33,36)6)50-34-32(47)31(46)30(45)25(19-40)51-34/h13-14,16,23,25-27,30-34,40-42,44-48H,9-12,15,17-19H2,1-8H3/t23-,25?,26+,27?,30?,31?,32?,33+,34?,36+,37-,38+,39+/m1/s1. The largest absolute Gasteiger partial charge is 0.504 e. The third-order valence-electron chi connectivity index (χ3n) is 13.4. The van der Waals surface area contributed by atoms with Crippen LogP contribution in [0.5, 0.6) is 11.5 Å². The summed E-state index contributed by atoms with van der Waals surface area (Å²) in [6.07, 6.45) is -3.57. The van der Waals surface area contributed by atoms with Crippen LogP contribution < -0.4 is 4.74 Å². The number of hydrogen-bond acceptors (Lipinski definition) is 12. The molecule has 12 nitrogen and oxygen atoms in total. The zero-order valence-corrected chi connectivity index (χ0v) is 31.3. The smallest absolute Gasteiger partial charge is 0.229 e. The highest BCUT2D eigenvalue weighted by atomic mass is 16.7. The molecule has 4 aliphatic rings. The molecule has 6 unspecified atom stereocenters. The molecule has 0 aromatic heterocycles. The van der Waals surface area contributed by atoms with Crippen molar-refractivity contribution in [1.82, 2.24) is 0 Å². The van der Waals surface area contributed by atoms with E-state index >= 15 is 0 Å². The van der Waals surface area contributed by atoms with E-state index in [0.29, 0.717) is 37.0 Å². The van der Waals surface area contributed by atoms with Crippen LogP contribution >= 0.6 is 0 Å². The van der Waals surface area contributed by atoms with E-state index in [2.05, 4.69) is 13.8 Å². The molecular weight excluding hydrogens is 660 g/mol. The van der Waals surface area contributed by atoms with E-state index < -0.39 is 82.9 Å². The first-order valence-electron chi connectivity index (χ1n) is 18.4. The summed E-state index contributed by atoms with van der Waals surface area (Å²) in [4.78, 5) is 14.7. The lowest BCUT2D eigenvalue weighted by Crippen LogP contribution is -2.64. The van der Waals surface area contributed by atoms with Crippen molar-refractivity contribution in [3.63, 3.8) is 0 Å². The number of unbranched alkanes of at least 4 members (excludes halogenated alkanes) is 1. The Kier molecular flexibility index (Phi) is 10.9. The molecule has 3 aliphatic carbocycles. The van der Waals surface area contributed by atoms with Crippen molar-refractivity contribution < 1.29 is 59.9 Å². The minimum absolute atomic E-state index is 0.0126. The van der Waals surface area contributed by atoms with Gasteiger partial charge >= 0.3 is 0 Å². The fraction of sp³-hybridized carbons (Fsp3) is 0.769. The van der Waals surface area contributed by atoms with Crippen molar-refractivity contribution >= 4 is 5.78 Å². The molecule has 5 rings (SSSR count). The summed E-state index contributed by atoms with van der Waals surface area (Å²) in [5.74, 6) is -1.57. The van der Waals surface area contributed by atoms with Gasteiger partial charge in [-0.25, -0.2) is 0 Å². The summed E-state index contributed by atoms with van der Waals surface area (Å²) >= 11 is 0. The Morgan fingerprint density at radius 3 is 2.37 bits per heavy atom. The zero-order chi connectivity index (χ0) is 38.1. The van der Waals surface area contributed by atoms with Crippen LogP contribution in [0.4, 0.5) is 0 Å². The second kappa shape index (κ2) is 13.9. The van der Waals surface area contributed by atoms with E-state index in [1.54, 1.807) is 19.1 Å². The van der Waals surface area contributed by atoms with Gasteiger partial charge in [0, 0.05) is 18.9 Å². The molecular formula is C39H60O12. The van der Waals surface area contributed by atoms with Crippen LogP contribution in [0.25, 0.3) is 0 Å². The number of aromatic hydroxyl groups is 1. The second-order valence-corrected chi connectivity index (χ2v) is 17.0. The minimum Gasteiger partial charge on any atom is -0.504 e. The fourth-order valence-corrected chi connectivity index (χ4v) is 10.2. The highest BCUT2D eigenvalue weighted by Gasteiger charge is 2.73. The summed E-state index contributed by atoms with van der Waals surface area (Å²) in [7, 11) is 0. The summed E-state index contributed by atoms with van der Waals surface area (Å²) in [6, 6.07) is 1.58. The first-order valence-corrected chi connectivity index (χ1v) is 18.4. The van der Waals surface area contributed by atoms with Gasteiger partial charge in [-0.15, -0.1) is 0 Å². The highest BCUT2D eigenvalue weighted by Crippen LogP contribution is 2.72. The number of aliphatic hydroxyl groups excluding tert-OH is 6. The molecule has 0 spiro atoms. The Morgan fingerprint density at radius 2 is 1.75 bits per heavy atom. The number of hydrogen-bond donors (Lipinski definition) is 8. The summed E-state index contributed by atoms with van der Waals surface area (Å²) in [5.41, 5.74) is -3.23. The van der Waals surface area contributed by atoms with Crippen molar-refractivity contribution in [3.05, 3.63) is 34.9 Å². The quantitative estimate of drug-likeness (QED) is 0.123. The molecule has 0 amide bonds. The number of carbonyl (C=O) groups is 1. The molecule has 13 atom stereocenters. The minimum atomic E-state index is -1.79. The van der Waals surface area contributed by atoms with Crippen molar-refractivity contribution in [2.75, 3.05) is 13.2 Å². The van der Waals surface area contributed by atoms with E-state index in [9.17, 15) is 45.6 Å². The van der Waals surface area contributed by atoms with Crippen molar-refractivity contribution in [3.8, 4) is 11.5 Å². The molecule has 1 aliphatic heterocycles. The number of rotatable bonds is 11. The van der Waals surface area contributed by atoms with Gasteiger partial charge < -0.3 is 55.1 Å². The zero-order valence-electron chi connectivity index (χ0n) is 31.3. The Labute approximate surface area is 301 Å². The number of ether oxygens (including phenoxy) is 3. The van der Waals surface area contributed by atoms with Crippen molar-refractivity contribution in [2.45, 2.75) is 153 Å². The number of aliphatic hydroxyl groups is 7. The predicted molar refractivity (Wildman–Crippen MR) is 187 cm³/mol. The molecule has 3 fully saturated rings. The van der Waals surface area contributed by atoms with Crippen LogP contribution in [0.2, 0.25) is 0 Å². The van der Waals surface area contributed by atoms with Crippen LogP contribution in [0.15, 0.2) is 18.2 Å². The number of fused-ring (bicyclic) bond motifs is 5. The van der Waals surface area contributed by atoms with E-state index in [-0.39, 0.29) is 29.6 Å². The normalized spacial score (nSPS) is 40.0. The predicted octanol–water partition coefficient (Wildman–Crippen LogP) is 2.33. The maximum Gasteiger partial charge on any atom is 0.229 e.